The van der Waals surface area contributed by atoms with Crippen LogP contribution in [0, 0.1) is 0 Å². The Kier molecular flexibility index (Phi) is 6.08. The minimum absolute atomic E-state index is 0.0263. The molecule has 0 fully saturated rings. The molecule has 8 heteroatoms. The molecule has 0 aliphatic heterocycles. The molecule has 2 aromatic carbocycles. The fraction of sp³-hybridized carbons (Fsp3) is 0.0870. The van der Waals surface area contributed by atoms with Crippen LogP contribution in [-0.4, -0.2) is 26.1 Å². The van der Waals surface area contributed by atoms with Crippen molar-refractivity contribution in [2.75, 3.05) is 0 Å². The predicted octanol–water partition coefficient (Wildman–Crippen LogP) is 3.29. The van der Waals surface area contributed by atoms with E-state index in [-0.39, 0.29) is 6.61 Å². The lowest BCUT2D eigenvalue weighted by atomic mass is 10.1. The predicted molar refractivity (Wildman–Crippen MR) is 114 cm³/mol. The molecule has 4 rings (SSSR count). The minimum Gasteiger partial charge on any atom is -0.440 e. The first-order valence-electron chi connectivity index (χ1n) is 9.70. The number of benzene rings is 2. The highest BCUT2D eigenvalue weighted by atomic mass is 16.6. The van der Waals surface area contributed by atoms with Gasteiger partial charge in [0.15, 0.2) is 6.61 Å². The highest BCUT2D eigenvalue weighted by Crippen LogP contribution is 2.14. The Morgan fingerprint density at radius 1 is 0.871 bits per heavy atom. The fourth-order valence-electron chi connectivity index (χ4n) is 3.13. The van der Waals surface area contributed by atoms with E-state index in [2.05, 4.69) is 15.8 Å². The Morgan fingerprint density at radius 2 is 1.61 bits per heavy atom. The molecule has 0 saturated carbocycles. The first-order chi connectivity index (χ1) is 15.2. The Labute approximate surface area is 179 Å². The SMILES string of the molecule is O=C(NNC(=O)c1ccccc1-n1cccc1)OCc1nccn1Cc1ccccc1. The number of ether oxygens (including phenoxy) is 1. The zero-order valence-corrected chi connectivity index (χ0v) is 16.6. The zero-order chi connectivity index (χ0) is 21.5. The third kappa shape index (κ3) is 4.99. The van der Waals surface area contributed by atoms with Gasteiger partial charge in [0.25, 0.3) is 5.91 Å². The summed E-state index contributed by atoms with van der Waals surface area (Å²) in [6, 6.07) is 20.7. The van der Waals surface area contributed by atoms with Gasteiger partial charge in [-0.15, -0.1) is 0 Å². The van der Waals surface area contributed by atoms with Crippen molar-refractivity contribution in [1.82, 2.24) is 25.0 Å². The molecule has 4 aromatic rings. The number of nitrogens with one attached hydrogen (secondary N) is 2. The van der Waals surface area contributed by atoms with Crippen LogP contribution in [0.5, 0.6) is 0 Å². The molecule has 2 heterocycles. The molecular weight excluding hydrogens is 394 g/mol. The van der Waals surface area contributed by atoms with Crippen LogP contribution in [0.1, 0.15) is 21.7 Å². The number of hydrogen-bond donors (Lipinski definition) is 2. The van der Waals surface area contributed by atoms with Gasteiger partial charge in [0, 0.05) is 31.3 Å². The molecule has 0 aliphatic carbocycles. The molecule has 31 heavy (non-hydrogen) atoms. The van der Waals surface area contributed by atoms with Crippen LogP contribution in [0.2, 0.25) is 0 Å². The van der Waals surface area contributed by atoms with Crippen LogP contribution in [0.25, 0.3) is 5.69 Å². The quantitative estimate of drug-likeness (QED) is 0.473. The van der Waals surface area contributed by atoms with Crippen LogP contribution in [0.4, 0.5) is 4.79 Å². The lowest BCUT2D eigenvalue weighted by Crippen LogP contribution is -2.42. The average Bonchev–Trinajstić information content (AvgIpc) is 3.49. The maximum absolute atomic E-state index is 12.5. The summed E-state index contributed by atoms with van der Waals surface area (Å²) in [6.07, 6.45) is 6.38. The average molecular weight is 415 g/mol. The molecule has 0 unspecified atom stereocenters. The first kappa shape index (κ1) is 20.0. The Balaban J connectivity index is 1.31. The molecular formula is C23H21N5O3. The van der Waals surface area contributed by atoms with Crippen molar-refractivity contribution in [3.63, 3.8) is 0 Å². The fourth-order valence-corrected chi connectivity index (χ4v) is 3.13. The second-order valence-electron chi connectivity index (χ2n) is 6.72. The van der Waals surface area contributed by atoms with Gasteiger partial charge in [-0.1, -0.05) is 42.5 Å². The summed E-state index contributed by atoms with van der Waals surface area (Å²) in [7, 11) is 0. The van der Waals surface area contributed by atoms with E-state index < -0.39 is 12.0 Å². The molecule has 2 amide bonds. The number of hydrazine groups is 1. The zero-order valence-electron chi connectivity index (χ0n) is 16.6. The van der Waals surface area contributed by atoms with Gasteiger partial charge in [-0.05, 0) is 29.8 Å². The van der Waals surface area contributed by atoms with Gasteiger partial charge in [-0.2, -0.15) is 0 Å². The molecule has 0 aliphatic rings. The van der Waals surface area contributed by atoms with E-state index in [1.54, 1.807) is 18.3 Å². The summed E-state index contributed by atoms with van der Waals surface area (Å²) >= 11 is 0. The molecule has 0 bridgehead atoms. The molecule has 0 atom stereocenters. The van der Waals surface area contributed by atoms with Gasteiger partial charge >= 0.3 is 6.09 Å². The normalized spacial score (nSPS) is 10.5. The van der Waals surface area contributed by atoms with Gasteiger partial charge in [-0.25, -0.2) is 15.2 Å². The number of rotatable bonds is 6. The van der Waals surface area contributed by atoms with Crippen LogP contribution >= 0.6 is 0 Å². The van der Waals surface area contributed by atoms with E-state index in [4.69, 9.17) is 4.74 Å². The smallest absolute Gasteiger partial charge is 0.426 e. The lowest BCUT2D eigenvalue weighted by molar-refractivity contribution is 0.0902. The standard InChI is InChI=1S/C23H21N5O3/c29-22(19-10-4-5-11-20(19)27-13-6-7-14-27)25-26-23(30)31-17-21-24-12-15-28(21)16-18-8-2-1-3-9-18/h1-15H,16-17H2,(H,25,29)(H,26,30). The summed E-state index contributed by atoms with van der Waals surface area (Å²) in [5.74, 6) is 0.148. The van der Waals surface area contributed by atoms with Crippen LogP contribution in [-0.2, 0) is 17.9 Å². The van der Waals surface area contributed by atoms with Crippen molar-refractivity contribution in [2.24, 2.45) is 0 Å². The Morgan fingerprint density at radius 3 is 2.42 bits per heavy atom. The summed E-state index contributed by atoms with van der Waals surface area (Å²) in [5.41, 5.74) is 6.88. The van der Waals surface area contributed by atoms with Crippen molar-refractivity contribution in [2.45, 2.75) is 13.2 Å². The maximum Gasteiger partial charge on any atom is 0.426 e. The largest absolute Gasteiger partial charge is 0.440 e. The van der Waals surface area contributed by atoms with E-state index in [0.29, 0.717) is 23.6 Å². The third-order valence-electron chi connectivity index (χ3n) is 4.64. The van der Waals surface area contributed by atoms with E-state index in [0.717, 1.165) is 5.56 Å². The van der Waals surface area contributed by atoms with Gasteiger partial charge in [0.2, 0.25) is 0 Å². The van der Waals surface area contributed by atoms with Gasteiger partial charge in [-0.3, -0.25) is 10.2 Å². The second-order valence-corrected chi connectivity index (χ2v) is 6.72. The molecule has 2 aromatic heterocycles. The van der Waals surface area contributed by atoms with Gasteiger partial charge in [0.1, 0.15) is 5.82 Å². The molecule has 0 saturated heterocycles. The summed E-state index contributed by atoms with van der Waals surface area (Å²) in [4.78, 5) is 28.8. The van der Waals surface area contributed by atoms with Crippen molar-refractivity contribution in [1.29, 1.82) is 0 Å². The topological polar surface area (TPSA) is 90.2 Å². The van der Waals surface area contributed by atoms with E-state index in [9.17, 15) is 9.59 Å². The van der Waals surface area contributed by atoms with Gasteiger partial charge < -0.3 is 13.9 Å². The number of carbonyl (C=O) groups is 2. The molecule has 156 valence electrons. The Bertz CT molecular complexity index is 1150. The van der Waals surface area contributed by atoms with Crippen molar-refractivity contribution < 1.29 is 14.3 Å². The summed E-state index contributed by atoms with van der Waals surface area (Å²) in [5, 5.41) is 0. The van der Waals surface area contributed by atoms with Crippen LogP contribution in [0.3, 0.4) is 0 Å². The molecule has 0 spiro atoms. The van der Waals surface area contributed by atoms with Crippen molar-refractivity contribution >= 4 is 12.0 Å². The number of hydrogen-bond acceptors (Lipinski definition) is 4. The second kappa shape index (κ2) is 9.45. The lowest BCUT2D eigenvalue weighted by Gasteiger charge is -2.12. The number of aromatic nitrogens is 3. The summed E-state index contributed by atoms with van der Waals surface area (Å²) < 4.78 is 8.92. The monoisotopic (exact) mass is 415 g/mol. The highest BCUT2D eigenvalue weighted by molar-refractivity contribution is 5.98. The Hall–Kier alpha value is -4.33. The number of carbonyl (C=O) groups excluding carboxylic acids is 2. The number of nitrogens with zero attached hydrogens (tertiary/aromatic N) is 3. The highest BCUT2D eigenvalue weighted by Gasteiger charge is 2.14. The number of para-hydroxylation sites is 1. The van der Waals surface area contributed by atoms with Crippen LogP contribution in [0.15, 0.2) is 91.5 Å². The maximum atomic E-state index is 12.5. The molecule has 0 radical (unpaired) electrons. The van der Waals surface area contributed by atoms with Crippen molar-refractivity contribution in [3.8, 4) is 5.69 Å². The summed E-state index contributed by atoms with van der Waals surface area (Å²) in [6.45, 7) is 0.593. The van der Waals surface area contributed by atoms with E-state index in [1.165, 1.54) is 0 Å². The number of imidazole rings is 1. The van der Waals surface area contributed by atoms with E-state index >= 15 is 0 Å². The molecule has 8 nitrogen and oxygen atoms in total. The van der Waals surface area contributed by atoms with Crippen molar-refractivity contribution in [3.05, 3.63) is 108 Å². The van der Waals surface area contributed by atoms with Gasteiger partial charge in [0.05, 0.1) is 11.3 Å². The number of amides is 2. The van der Waals surface area contributed by atoms with E-state index in [1.807, 2.05) is 82.3 Å². The minimum atomic E-state index is -0.777. The van der Waals surface area contributed by atoms with Crippen LogP contribution < -0.4 is 10.9 Å². The first-order valence-corrected chi connectivity index (χ1v) is 9.70. The third-order valence-corrected chi connectivity index (χ3v) is 4.64. The molecule has 2 N–H and O–H groups in total.